The Bertz CT molecular complexity index is 3170. The molecule has 0 radical (unpaired) electrons. The van der Waals surface area contributed by atoms with Gasteiger partial charge in [0.1, 0.15) is 22.3 Å². The van der Waals surface area contributed by atoms with Gasteiger partial charge in [0, 0.05) is 38.2 Å². The van der Waals surface area contributed by atoms with Crippen LogP contribution < -0.4 is 0 Å². The van der Waals surface area contributed by atoms with Crippen LogP contribution in [0, 0.1) is 0 Å². The molecule has 8 aromatic carbocycles. The molecule has 0 atom stereocenters. The fourth-order valence-corrected chi connectivity index (χ4v) is 7.86. The number of benzene rings is 8. The minimum Gasteiger partial charge on any atom is -0.456 e. The molecule has 56 heavy (non-hydrogen) atoms. The molecule has 0 N–H and O–H groups in total. The minimum absolute atomic E-state index is 0.550. The van der Waals surface area contributed by atoms with Crippen LogP contribution in [-0.2, 0) is 0 Å². The van der Waals surface area contributed by atoms with Gasteiger partial charge in [-0.3, -0.25) is 0 Å². The lowest BCUT2D eigenvalue weighted by Crippen LogP contribution is -2.00. The van der Waals surface area contributed by atoms with E-state index in [9.17, 15) is 0 Å². The van der Waals surface area contributed by atoms with E-state index < -0.39 is 0 Å². The summed E-state index contributed by atoms with van der Waals surface area (Å²) in [5.41, 5.74) is 12.4. The Kier molecular flexibility index (Phi) is 7.42. The van der Waals surface area contributed by atoms with Gasteiger partial charge in [-0.25, -0.2) is 15.0 Å². The molecule has 3 heterocycles. The molecular formula is C51H31N3O2. The number of para-hydroxylation sites is 3. The summed E-state index contributed by atoms with van der Waals surface area (Å²) in [6.07, 6.45) is 0. The Hall–Kier alpha value is -7.63. The van der Waals surface area contributed by atoms with Gasteiger partial charge >= 0.3 is 0 Å². The lowest BCUT2D eigenvalue weighted by molar-refractivity contribution is 0.668. The van der Waals surface area contributed by atoms with Crippen LogP contribution in [0.4, 0.5) is 0 Å². The van der Waals surface area contributed by atoms with Crippen molar-refractivity contribution in [3.05, 3.63) is 188 Å². The zero-order valence-electron chi connectivity index (χ0n) is 30.1. The molecule has 0 saturated heterocycles. The molecule has 262 valence electrons. The summed E-state index contributed by atoms with van der Waals surface area (Å²) < 4.78 is 13.5. The SMILES string of the molecule is c1ccc(-c2ccc(-c3cc(-c4cccc5c4oc4c(-c6nc(-c7ccccc7)nc(-c7ccccc7)n6)cccc45)cc4oc5ccccc5c34)cc2)cc1. The Morgan fingerprint density at radius 2 is 0.786 bits per heavy atom. The van der Waals surface area contributed by atoms with Crippen LogP contribution in [0.2, 0.25) is 0 Å². The first-order valence-electron chi connectivity index (χ1n) is 18.7. The summed E-state index contributed by atoms with van der Waals surface area (Å²) in [6.45, 7) is 0. The highest BCUT2D eigenvalue weighted by Gasteiger charge is 2.21. The van der Waals surface area contributed by atoms with Crippen LogP contribution >= 0.6 is 0 Å². The molecule has 11 rings (SSSR count). The maximum absolute atomic E-state index is 6.97. The summed E-state index contributed by atoms with van der Waals surface area (Å²) in [7, 11) is 0. The molecule has 0 aliphatic carbocycles. The highest BCUT2D eigenvalue weighted by atomic mass is 16.3. The minimum atomic E-state index is 0.550. The van der Waals surface area contributed by atoms with Crippen molar-refractivity contribution in [2.24, 2.45) is 0 Å². The van der Waals surface area contributed by atoms with Crippen molar-refractivity contribution < 1.29 is 8.83 Å². The molecule has 0 aliphatic rings. The number of hydrogen-bond donors (Lipinski definition) is 0. The molecule has 3 aromatic heterocycles. The number of furan rings is 2. The van der Waals surface area contributed by atoms with Gasteiger partial charge < -0.3 is 8.83 Å². The van der Waals surface area contributed by atoms with Crippen molar-refractivity contribution in [1.29, 1.82) is 0 Å². The molecule has 0 amide bonds. The van der Waals surface area contributed by atoms with Crippen molar-refractivity contribution in [1.82, 2.24) is 15.0 Å². The second-order valence-corrected chi connectivity index (χ2v) is 13.9. The zero-order valence-corrected chi connectivity index (χ0v) is 30.1. The van der Waals surface area contributed by atoms with Gasteiger partial charge in [0.05, 0.1) is 5.56 Å². The Morgan fingerprint density at radius 3 is 1.45 bits per heavy atom. The molecule has 11 aromatic rings. The van der Waals surface area contributed by atoms with Crippen molar-refractivity contribution in [3.63, 3.8) is 0 Å². The number of nitrogens with zero attached hydrogens (tertiary/aromatic N) is 3. The van der Waals surface area contributed by atoms with E-state index in [0.717, 1.165) is 82.8 Å². The lowest BCUT2D eigenvalue weighted by Gasteiger charge is -2.10. The molecule has 0 aliphatic heterocycles. The monoisotopic (exact) mass is 717 g/mol. The average Bonchev–Trinajstić information content (AvgIpc) is 3.86. The second-order valence-electron chi connectivity index (χ2n) is 13.9. The molecule has 0 fully saturated rings. The van der Waals surface area contributed by atoms with Crippen LogP contribution in [0.25, 0.3) is 111 Å². The summed E-state index contributed by atoms with van der Waals surface area (Å²) in [4.78, 5) is 15.0. The second kappa shape index (κ2) is 13.0. The third-order valence-electron chi connectivity index (χ3n) is 10.6. The van der Waals surface area contributed by atoms with Gasteiger partial charge in [-0.1, -0.05) is 164 Å². The van der Waals surface area contributed by atoms with Gasteiger partial charge in [-0.05, 0) is 52.1 Å². The van der Waals surface area contributed by atoms with Gasteiger partial charge in [0.25, 0.3) is 0 Å². The summed E-state index contributed by atoms with van der Waals surface area (Å²) in [5.74, 6) is 1.76. The van der Waals surface area contributed by atoms with E-state index in [1.165, 1.54) is 11.1 Å². The topological polar surface area (TPSA) is 65.0 Å². The lowest BCUT2D eigenvalue weighted by atomic mass is 9.93. The first-order valence-corrected chi connectivity index (χ1v) is 18.7. The summed E-state index contributed by atoms with van der Waals surface area (Å²) in [6, 6.07) is 64.5. The van der Waals surface area contributed by atoms with E-state index in [-0.39, 0.29) is 0 Å². The molecule has 0 unspecified atom stereocenters. The number of rotatable bonds is 6. The van der Waals surface area contributed by atoms with E-state index in [4.69, 9.17) is 23.8 Å². The molecular weight excluding hydrogens is 687 g/mol. The van der Waals surface area contributed by atoms with Crippen LogP contribution in [0.5, 0.6) is 0 Å². The quantitative estimate of drug-likeness (QED) is 0.171. The summed E-state index contributed by atoms with van der Waals surface area (Å²) in [5, 5.41) is 4.18. The van der Waals surface area contributed by atoms with E-state index in [1.54, 1.807) is 0 Å². The number of aromatic nitrogens is 3. The van der Waals surface area contributed by atoms with E-state index in [1.807, 2.05) is 91.0 Å². The molecule has 0 saturated carbocycles. The van der Waals surface area contributed by atoms with Crippen LogP contribution in [0.3, 0.4) is 0 Å². The van der Waals surface area contributed by atoms with Crippen molar-refractivity contribution in [2.75, 3.05) is 0 Å². The summed E-state index contributed by atoms with van der Waals surface area (Å²) >= 11 is 0. The van der Waals surface area contributed by atoms with E-state index in [2.05, 4.69) is 97.1 Å². The fraction of sp³-hybridized carbons (Fsp3) is 0. The fourth-order valence-electron chi connectivity index (χ4n) is 7.86. The largest absolute Gasteiger partial charge is 0.456 e. The maximum atomic E-state index is 6.97. The highest BCUT2D eigenvalue weighted by molar-refractivity contribution is 6.16. The normalized spacial score (nSPS) is 11.6. The molecule has 0 spiro atoms. The van der Waals surface area contributed by atoms with Gasteiger partial charge in [0.2, 0.25) is 0 Å². The smallest absolute Gasteiger partial charge is 0.167 e. The molecule has 5 nitrogen and oxygen atoms in total. The van der Waals surface area contributed by atoms with Crippen LogP contribution in [0.15, 0.2) is 197 Å². The van der Waals surface area contributed by atoms with Crippen molar-refractivity contribution in [2.45, 2.75) is 0 Å². The van der Waals surface area contributed by atoms with E-state index in [0.29, 0.717) is 17.5 Å². The third-order valence-corrected chi connectivity index (χ3v) is 10.6. The Labute approximate surface area is 322 Å². The molecule has 0 bridgehead atoms. The average molecular weight is 718 g/mol. The zero-order chi connectivity index (χ0) is 37.0. The van der Waals surface area contributed by atoms with Gasteiger partial charge in [-0.2, -0.15) is 0 Å². The Morgan fingerprint density at radius 1 is 0.286 bits per heavy atom. The van der Waals surface area contributed by atoms with Crippen LogP contribution in [-0.4, -0.2) is 15.0 Å². The standard InChI is InChI=1S/C51H31N3O2/c1-4-14-32(15-5-1)33-26-28-34(29-27-33)43-30-37(31-45-46(43)41-20-10-11-25-44(41)55-45)38-21-12-22-39-40-23-13-24-42(48(40)56-47(38)39)51-53-49(35-16-6-2-7-17-35)52-50(54-51)36-18-8-3-9-19-36/h1-31H. The molecule has 5 heteroatoms. The predicted molar refractivity (Wildman–Crippen MR) is 227 cm³/mol. The van der Waals surface area contributed by atoms with Crippen LogP contribution in [0.1, 0.15) is 0 Å². The number of hydrogen-bond acceptors (Lipinski definition) is 5. The third kappa shape index (κ3) is 5.37. The first kappa shape index (κ1) is 31.9. The Balaban J connectivity index is 1.10. The maximum Gasteiger partial charge on any atom is 0.167 e. The van der Waals surface area contributed by atoms with Crippen molar-refractivity contribution >= 4 is 43.9 Å². The van der Waals surface area contributed by atoms with E-state index >= 15 is 0 Å². The van der Waals surface area contributed by atoms with Gasteiger partial charge in [0.15, 0.2) is 17.5 Å². The van der Waals surface area contributed by atoms with Gasteiger partial charge in [-0.15, -0.1) is 0 Å². The predicted octanol–water partition coefficient (Wildman–Crippen LogP) is 13.7. The highest BCUT2D eigenvalue weighted by Crippen LogP contribution is 2.44. The first-order chi connectivity index (χ1) is 27.7. The van der Waals surface area contributed by atoms with Crippen molar-refractivity contribution in [3.8, 4) is 67.5 Å². The number of fused-ring (bicyclic) bond motifs is 6.